The highest BCUT2D eigenvalue weighted by Gasteiger charge is 2.51. The second kappa shape index (κ2) is 5.87. The number of aromatic nitrogens is 1. The van der Waals surface area contributed by atoms with Gasteiger partial charge in [0.25, 0.3) is 5.91 Å². The van der Waals surface area contributed by atoms with Gasteiger partial charge < -0.3 is 14.5 Å². The van der Waals surface area contributed by atoms with Gasteiger partial charge in [0.05, 0.1) is 25.2 Å². The summed E-state index contributed by atoms with van der Waals surface area (Å²) in [4.78, 5) is 32.3. The Balaban J connectivity index is 1.28. The average Bonchev–Trinajstić information content (AvgIpc) is 3.25. The Bertz CT molecular complexity index is 592. The monoisotopic (exact) mass is 335 g/mol. The zero-order valence-corrected chi connectivity index (χ0v) is 13.9. The molecule has 3 fully saturated rings. The lowest BCUT2D eigenvalue weighted by Gasteiger charge is -2.46. The lowest BCUT2D eigenvalue weighted by molar-refractivity contribution is -0.131. The Labute approximate surface area is 139 Å². The standard InChI is InChI=1S/C16H21N3O3S/c20-14(18-3-1-2-4-18)5-12-6-16(22-7-12)9-19(10-16)15(21)13-8-23-11-17-13/h8,11-12H,1-7,9-10H2. The number of hydrogen-bond donors (Lipinski definition) is 0. The van der Waals surface area contributed by atoms with Crippen molar-refractivity contribution in [2.45, 2.75) is 31.3 Å². The molecule has 23 heavy (non-hydrogen) atoms. The molecule has 2 amide bonds. The molecular weight excluding hydrogens is 314 g/mol. The molecule has 0 aliphatic carbocycles. The van der Waals surface area contributed by atoms with E-state index in [1.807, 2.05) is 4.90 Å². The van der Waals surface area contributed by atoms with E-state index in [1.165, 1.54) is 11.3 Å². The molecule has 0 N–H and O–H groups in total. The van der Waals surface area contributed by atoms with Crippen LogP contribution in [0, 0.1) is 5.92 Å². The van der Waals surface area contributed by atoms with Crippen LogP contribution in [-0.2, 0) is 9.53 Å². The maximum absolute atomic E-state index is 12.2. The third-order valence-corrected chi connectivity index (χ3v) is 5.69. The van der Waals surface area contributed by atoms with E-state index in [2.05, 4.69) is 4.98 Å². The summed E-state index contributed by atoms with van der Waals surface area (Å²) in [6.07, 6.45) is 3.73. The van der Waals surface area contributed by atoms with Gasteiger partial charge in [-0.3, -0.25) is 9.59 Å². The number of amides is 2. The summed E-state index contributed by atoms with van der Waals surface area (Å²) in [6.45, 7) is 3.70. The van der Waals surface area contributed by atoms with Crippen LogP contribution in [0.1, 0.15) is 36.2 Å². The van der Waals surface area contributed by atoms with E-state index >= 15 is 0 Å². The van der Waals surface area contributed by atoms with Crippen molar-refractivity contribution in [3.63, 3.8) is 0 Å². The molecular formula is C16H21N3O3S. The number of rotatable bonds is 3. The average molecular weight is 335 g/mol. The van der Waals surface area contributed by atoms with E-state index in [0.29, 0.717) is 37.7 Å². The summed E-state index contributed by atoms with van der Waals surface area (Å²) in [5.74, 6) is 0.541. The fraction of sp³-hybridized carbons (Fsp3) is 0.688. The second-order valence-electron chi connectivity index (χ2n) is 6.89. The Kier molecular flexibility index (Phi) is 3.85. The van der Waals surface area contributed by atoms with Gasteiger partial charge in [0.1, 0.15) is 11.3 Å². The molecule has 7 heteroatoms. The summed E-state index contributed by atoms with van der Waals surface area (Å²) >= 11 is 1.43. The predicted molar refractivity (Wildman–Crippen MR) is 85.2 cm³/mol. The molecule has 4 heterocycles. The van der Waals surface area contributed by atoms with Crippen LogP contribution in [0.25, 0.3) is 0 Å². The molecule has 3 aliphatic heterocycles. The number of nitrogens with zero attached hydrogens (tertiary/aromatic N) is 3. The van der Waals surface area contributed by atoms with E-state index in [4.69, 9.17) is 4.74 Å². The maximum Gasteiger partial charge on any atom is 0.273 e. The van der Waals surface area contributed by atoms with Crippen LogP contribution in [0.15, 0.2) is 10.9 Å². The first kappa shape index (κ1) is 15.1. The van der Waals surface area contributed by atoms with Gasteiger partial charge in [0, 0.05) is 24.9 Å². The van der Waals surface area contributed by atoms with Gasteiger partial charge in [0.15, 0.2) is 0 Å². The molecule has 1 spiro atoms. The van der Waals surface area contributed by atoms with Crippen molar-refractivity contribution in [3.8, 4) is 0 Å². The van der Waals surface area contributed by atoms with Crippen LogP contribution in [0.2, 0.25) is 0 Å². The highest BCUT2D eigenvalue weighted by atomic mass is 32.1. The summed E-state index contributed by atoms with van der Waals surface area (Å²) in [5, 5.41) is 1.78. The molecule has 4 rings (SSSR count). The Hall–Kier alpha value is -1.47. The van der Waals surface area contributed by atoms with Crippen molar-refractivity contribution < 1.29 is 14.3 Å². The topological polar surface area (TPSA) is 62.7 Å². The third-order valence-electron chi connectivity index (χ3n) is 5.10. The minimum absolute atomic E-state index is 0.0166. The van der Waals surface area contributed by atoms with Crippen molar-refractivity contribution in [2.75, 3.05) is 32.8 Å². The summed E-state index contributed by atoms with van der Waals surface area (Å²) in [6, 6.07) is 0. The highest BCUT2D eigenvalue weighted by Crippen LogP contribution is 2.39. The lowest BCUT2D eigenvalue weighted by atomic mass is 9.85. The first-order chi connectivity index (χ1) is 11.2. The predicted octanol–water partition coefficient (Wildman–Crippen LogP) is 1.39. The molecule has 124 valence electrons. The van der Waals surface area contributed by atoms with Crippen LogP contribution in [-0.4, -0.2) is 65.0 Å². The van der Waals surface area contributed by atoms with Crippen LogP contribution in [0.4, 0.5) is 0 Å². The van der Waals surface area contributed by atoms with E-state index in [0.717, 1.165) is 32.4 Å². The van der Waals surface area contributed by atoms with E-state index in [-0.39, 0.29) is 17.4 Å². The third kappa shape index (κ3) is 2.87. The fourth-order valence-electron chi connectivity index (χ4n) is 3.91. The highest BCUT2D eigenvalue weighted by molar-refractivity contribution is 7.07. The molecule has 1 unspecified atom stereocenters. The first-order valence-corrected chi connectivity index (χ1v) is 9.19. The van der Waals surface area contributed by atoms with Crippen molar-refractivity contribution in [1.82, 2.24) is 14.8 Å². The van der Waals surface area contributed by atoms with Gasteiger partial charge in [0.2, 0.25) is 5.91 Å². The molecule has 0 saturated carbocycles. The fourth-order valence-corrected chi connectivity index (χ4v) is 4.43. The quantitative estimate of drug-likeness (QED) is 0.837. The zero-order valence-electron chi connectivity index (χ0n) is 13.1. The van der Waals surface area contributed by atoms with Gasteiger partial charge in [-0.15, -0.1) is 11.3 Å². The van der Waals surface area contributed by atoms with Gasteiger partial charge in [-0.2, -0.15) is 0 Å². The maximum atomic E-state index is 12.2. The van der Waals surface area contributed by atoms with Crippen LogP contribution >= 0.6 is 11.3 Å². The summed E-state index contributed by atoms with van der Waals surface area (Å²) in [7, 11) is 0. The van der Waals surface area contributed by atoms with Gasteiger partial charge >= 0.3 is 0 Å². The molecule has 1 atom stereocenters. The minimum atomic E-state index is -0.221. The van der Waals surface area contributed by atoms with E-state index in [9.17, 15) is 9.59 Å². The summed E-state index contributed by atoms with van der Waals surface area (Å²) in [5.41, 5.74) is 1.97. The van der Waals surface area contributed by atoms with Crippen LogP contribution in [0.5, 0.6) is 0 Å². The number of carbonyl (C=O) groups excluding carboxylic acids is 2. The molecule has 0 radical (unpaired) electrons. The summed E-state index contributed by atoms with van der Waals surface area (Å²) < 4.78 is 5.97. The van der Waals surface area contributed by atoms with Crippen molar-refractivity contribution in [3.05, 3.63) is 16.6 Å². The number of thiazole rings is 1. The lowest BCUT2D eigenvalue weighted by Crippen LogP contribution is -2.63. The van der Waals surface area contributed by atoms with E-state index < -0.39 is 0 Å². The number of likely N-dealkylation sites (tertiary alicyclic amines) is 2. The van der Waals surface area contributed by atoms with Gasteiger partial charge in [-0.05, 0) is 25.2 Å². The second-order valence-corrected chi connectivity index (χ2v) is 7.61. The Morgan fingerprint density at radius 2 is 2.09 bits per heavy atom. The molecule has 1 aromatic heterocycles. The molecule has 3 saturated heterocycles. The smallest absolute Gasteiger partial charge is 0.273 e. The van der Waals surface area contributed by atoms with Gasteiger partial charge in [-0.25, -0.2) is 4.98 Å². The number of hydrogen-bond acceptors (Lipinski definition) is 5. The zero-order chi connectivity index (χ0) is 15.9. The SMILES string of the molecule is O=C(CC1COC2(C1)CN(C(=O)c1cscn1)C2)N1CCCC1. The van der Waals surface area contributed by atoms with Crippen LogP contribution < -0.4 is 0 Å². The number of carbonyl (C=O) groups is 2. The van der Waals surface area contributed by atoms with Gasteiger partial charge in [-0.1, -0.05) is 0 Å². The molecule has 0 bridgehead atoms. The van der Waals surface area contributed by atoms with Crippen LogP contribution in [0.3, 0.4) is 0 Å². The van der Waals surface area contributed by atoms with E-state index in [1.54, 1.807) is 15.8 Å². The minimum Gasteiger partial charge on any atom is -0.371 e. The first-order valence-electron chi connectivity index (χ1n) is 8.24. The van der Waals surface area contributed by atoms with Crippen molar-refractivity contribution in [2.24, 2.45) is 5.92 Å². The largest absolute Gasteiger partial charge is 0.371 e. The van der Waals surface area contributed by atoms with Crippen molar-refractivity contribution in [1.29, 1.82) is 0 Å². The van der Waals surface area contributed by atoms with Crippen molar-refractivity contribution >= 4 is 23.2 Å². The normalized spacial score (nSPS) is 25.8. The molecule has 0 aromatic carbocycles. The molecule has 3 aliphatic rings. The Morgan fingerprint density at radius 3 is 2.78 bits per heavy atom. The molecule has 1 aromatic rings. The molecule has 6 nitrogen and oxygen atoms in total. The Morgan fingerprint density at radius 1 is 1.30 bits per heavy atom. The number of ether oxygens (including phenoxy) is 1.